The minimum absolute atomic E-state index is 0.0720. The largest absolute Gasteiger partial charge is 0.480 e. The van der Waals surface area contributed by atoms with E-state index in [0.29, 0.717) is 0 Å². The van der Waals surface area contributed by atoms with E-state index in [1.165, 1.54) is 31.3 Å². The van der Waals surface area contributed by atoms with E-state index in [1.54, 1.807) is 0 Å². The van der Waals surface area contributed by atoms with Crippen LogP contribution in [0, 0.1) is 0 Å². The molecule has 0 aromatic heterocycles. The average molecular weight is 273 g/mol. The number of likely N-dealkylation sites (N-methyl/N-ethyl adjacent to an activating group) is 1. The van der Waals surface area contributed by atoms with Crippen LogP contribution in [0.2, 0.25) is 0 Å². The first-order valence-corrected chi connectivity index (χ1v) is 6.16. The second-order valence-electron chi connectivity index (χ2n) is 3.34. The van der Waals surface area contributed by atoms with Crippen molar-refractivity contribution in [3.05, 3.63) is 24.3 Å². The number of hydrogen-bond acceptors (Lipinski definition) is 5. The Kier molecular flexibility index (Phi) is 4.34. The smallest absolute Gasteiger partial charge is 0.324 e. The van der Waals surface area contributed by atoms with Gasteiger partial charge in [0.25, 0.3) is 10.1 Å². The van der Waals surface area contributed by atoms with Gasteiger partial charge in [-0.1, -0.05) is 17.4 Å². The van der Waals surface area contributed by atoms with Crippen LogP contribution in [0.25, 0.3) is 0 Å². The maximum Gasteiger partial charge on any atom is 0.324 e. The second kappa shape index (κ2) is 5.56. The zero-order valence-electron chi connectivity index (χ0n) is 9.39. The lowest BCUT2D eigenvalue weighted by Gasteiger charge is -2.07. The van der Waals surface area contributed by atoms with Gasteiger partial charge in [-0.05, 0) is 12.1 Å². The fraction of sp³-hybridized carbons (Fsp3) is 0.222. The van der Waals surface area contributed by atoms with E-state index in [9.17, 15) is 13.2 Å². The number of benzene rings is 1. The molecule has 98 valence electrons. The predicted molar refractivity (Wildman–Crippen MR) is 61.0 cm³/mol. The molecular formula is C9H11N3O5S. The summed E-state index contributed by atoms with van der Waals surface area (Å²) in [6, 6.07) is 5.44. The van der Waals surface area contributed by atoms with Crippen molar-refractivity contribution in [1.82, 2.24) is 5.01 Å². The number of carboxylic acid groups (broad SMARTS) is 1. The maximum atomic E-state index is 11.0. The van der Waals surface area contributed by atoms with Gasteiger partial charge >= 0.3 is 5.97 Å². The van der Waals surface area contributed by atoms with Crippen LogP contribution in [0.1, 0.15) is 0 Å². The van der Waals surface area contributed by atoms with Crippen LogP contribution in [0.15, 0.2) is 39.5 Å². The molecule has 0 unspecified atom stereocenters. The average Bonchev–Trinajstić information content (AvgIpc) is 2.24. The molecule has 0 atom stereocenters. The van der Waals surface area contributed by atoms with Gasteiger partial charge in [-0.2, -0.15) is 8.42 Å². The van der Waals surface area contributed by atoms with Gasteiger partial charge in [0.05, 0.1) is 0 Å². The van der Waals surface area contributed by atoms with Crippen molar-refractivity contribution >= 4 is 21.8 Å². The highest BCUT2D eigenvalue weighted by Gasteiger charge is 2.14. The van der Waals surface area contributed by atoms with Gasteiger partial charge in [0.15, 0.2) is 0 Å². The van der Waals surface area contributed by atoms with E-state index in [4.69, 9.17) is 9.66 Å². The molecule has 0 radical (unpaired) electrons. The number of rotatable bonds is 5. The summed E-state index contributed by atoms with van der Waals surface area (Å²) >= 11 is 0. The van der Waals surface area contributed by atoms with E-state index in [0.717, 1.165) is 5.01 Å². The standard InChI is InChI=1S/C9H11N3O5S/c1-12(6-9(13)14)11-10-7-4-2-3-5-8(7)18(15,16)17/h2-5H,6H2,1H3,(H,13,14)(H,15,16,17). The van der Waals surface area contributed by atoms with E-state index < -0.39 is 21.0 Å². The summed E-state index contributed by atoms with van der Waals surface area (Å²) in [4.78, 5) is 9.98. The van der Waals surface area contributed by atoms with Crippen LogP contribution in [0.3, 0.4) is 0 Å². The molecule has 9 heteroatoms. The third-order valence-electron chi connectivity index (χ3n) is 1.81. The Balaban J connectivity index is 2.98. The van der Waals surface area contributed by atoms with E-state index in [-0.39, 0.29) is 12.2 Å². The van der Waals surface area contributed by atoms with Crippen molar-refractivity contribution in [1.29, 1.82) is 0 Å². The molecule has 0 saturated heterocycles. The van der Waals surface area contributed by atoms with E-state index in [1.807, 2.05) is 0 Å². The summed E-state index contributed by atoms with van der Waals surface area (Å²) < 4.78 is 31.0. The van der Waals surface area contributed by atoms with E-state index in [2.05, 4.69) is 10.3 Å². The predicted octanol–water partition coefficient (Wildman–Crippen LogP) is 0.948. The summed E-state index contributed by atoms with van der Waals surface area (Å²) in [5.74, 6) is -1.10. The lowest BCUT2D eigenvalue weighted by atomic mass is 10.3. The maximum absolute atomic E-state index is 11.0. The minimum atomic E-state index is -4.39. The molecule has 8 nitrogen and oxygen atoms in total. The summed E-state index contributed by atoms with van der Waals surface area (Å²) in [5.41, 5.74) is -0.0720. The molecule has 0 saturated carbocycles. The quantitative estimate of drug-likeness (QED) is 0.468. The van der Waals surface area contributed by atoms with Crippen LogP contribution in [0.5, 0.6) is 0 Å². The Hall–Kier alpha value is -2.00. The van der Waals surface area contributed by atoms with Crippen molar-refractivity contribution in [2.24, 2.45) is 10.3 Å². The lowest BCUT2D eigenvalue weighted by Crippen LogP contribution is -2.19. The first-order valence-electron chi connectivity index (χ1n) is 4.72. The molecule has 18 heavy (non-hydrogen) atoms. The molecule has 1 aromatic carbocycles. The number of aliphatic carboxylic acids is 1. The number of carbonyl (C=O) groups is 1. The van der Waals surface area contributed by atoms with Crippen LogP contribution < -0.4 is 0 Å². The molecule has 0 amide bonds. The monoisotopic (exact) mass is 273 g/mol. The molecular weight excluding hydrogens is 262 g/mol. The van der Waals surface area contributed by atoms with E-state index >= 15 is 0 Å². The fourth-order valence-corrected chi connectivity index (χ4v) is 1.73. The summed E-state index contributed by atoms with van der Waals surface area (Å²) in [7, 11) is -3.02. The van der Waals surface area contributed by atoms with Gasteiger partial charge in [0.2, 0.25) is 0 Å². The Labute approximate surface area is 103 Å². The zero-order chi connectivity index (χ0) is 13.8. The summed E-state index contributed by atoms with van der Waals surface area (Å²) in [6.07, 6.45) is 0. The van der Waals surface area contributed by atoms with Gasteiger partial charge in [-0.3, -0.25) is 14.4 Å². The van der Waals surface area contributed by atoms with Crippen LogP contribution in [0.4, 0.5) is 5.69 Å². The minimum Gasteiger partial charge on any atom is -0.480 e. The molecule has 2 N–H and O–H groups in total. The topological polar surface area (TPSA) is 120 Å². The highest BCUT2D eigenvalue weighted by molar-refractivity contribution is 7.86. The van der Waals surface area contributed by atoms with Crippen LogP contribution in [-0.4, -0.2) is 42.6 Å². The number of nitrogens with zero attached hydrogens (tertiary/aromatic N) is 3. The molecule has 0 aliphatic rings. The summed E-state index contributed by atoms with van der Waals surface area (Å²) in [5, 5.41) is 16.6. The van der Waals surface area contributed by atoms with Crippen molar-refractivity contribution in [3.8, 4) is 0 Å². The Morgan fingerprint density at radius 1 is 1.39 bits per heavy atom. The Morgan fingerprint density at radius 3 is 2.56 bits per heavy atom. The molecule has 0 aliphatic carbocycles. The highest BCUT2D eigenvalue weighted by atomic mass is 32.2. The lowest BCUT2D eigenvalue weighted by molar-refractivity contribution is -0.138. The normalized spacial score (nSPS) is 11.7. The molecule has 0 aliphatic heterocycles. The Bertz CT molecular complexity index is 569. The van der Waals surface area contributed by atoms with Gasteiger partial charge in [-0.25, -0.2) is 0 Å². The molecule has 0 heterocycles. The molecule has 0 fully saturated rings. The molecule has 0 spiro atoms. The third-order valence-corrected chi connectivity index (χ3v) is 2.71. The second-order valence-corrected chi connectivity index (χ2v) is 4.73. The van der Waals surface area contributed by atoms with Crippen molar-refractivity contribution < 1.29 is 22.9 Å². The first-order chi connectivity index (χ1) is 8.30. The first kappa shape index (κ1) is 14.1. The van der Waals surface area contributed by atoms with Gasteiger partial charge in [-0.15, -0.1) is 5.11 Å². The van der Waals surface area contributed by atoms with Crippen molar-refractivity contribution in [2.45, 2.75) is 4.90 Å². The Morgan fingerprint density at radius 2 is 2.00 bits per heavy atom. The van der Waals surface area contributed by atoms with Crippen LogP contribution >= 0.6 is 0 Å². The fourth-order valence-electron chi connectivity index (χ4n) is 1.11. The van der Waals surface area contributed by atoms with Crippen LogP contribution in [-0.2, 0) is 14.9 Å². The highest BCUT2D eigenvalue weighted by Crippen LogP contribution is 2.23. The third kappa shape index (κ3) is 4.11. The van der Waals surface area contributed by atoms with Gasteiger partial charge in [0, 0.05) is 7.05 Å². The number of carboxylic acids is 1. The SMILES string of the molecule is CN(CC(=O)O)N=Nc1ccccc1S(=O)(=O)O. The van der Waals surface area contributed by atoms with Crippen molar-refractivity contribution in [3.63, 3.8) is 0 Å². The zero-order valence-corrected chi connectivity index (χ0v) is 10.2. The number of hydrogen-bond donors (Lipinski definition) is 2. The molecule has 0 bridgehead atoms. The summed E-state index contributed by atoms with van der Waals surface area (Å²) in [6.45, 7) is -0.377. The van der Waals surface area contributed by atoms with Gasteiger partial charge < -0.3 is 5.11 Å². The van der Waals surface area contributed by atoms with Crippen molar-refractivity contribution in [2.75, 3.05) is 13.6 Å². The molecule has 1 rings (SSSR count). The molecule has 1 aromatic rings. The van der Waals surface area contributed by atoms with Gasteiger partial charge in [0.1, 0.15) is 17.1 Å².